The molecule has 0 bridgehead atoms. The number of amides is 2. The first-order chi connectivity index (χ1) is 14.6. The molecule has 8 N–H and O–H groups in total. The number of aromatic amines is 2. The predicted molar refractivity (Wildman–Crippen MR) is 107 cm³/mol. The number of nitrogens with two attached hydrogens (primary N) is 1. The SMILES string of the molecule is N[C@@H](CCC(=O)O)C(=O)N[C@@H](CCC(=O)O)C(=O)Nc1ccc2c(=O)[nH][nH]c(=O)c2c1. The first-order valence-corrected chi connectivity index (χ1v) is 9.13. The Kier molecular flexibility index (Phi) is 7.63. The number of hydrogen-bond acceptors (Lipinski definition) is 7. The largest absolute Gasteiger partial charge is 0.481 e. The summed E-state index contributed by atoms with van der Waals surface area (Å²) in [6.45, 7) is 0. The van der Waals surface area contributed by atoms with Gasteiger partial charge in [-0.15, -0.1) is 0 Å². The summed E-state index contributed by atoms with van der Waals surface area (Å²) in [5.74, 6) is -3.93. The fourth-order valence-corrected chi connectivity index (χ4v) is 2.71. The number of aliphatic carboxylic acids is 2. The lowest BCUT2D eigenvalue weighted by atomic mass is 10.1. The van der Waals surface area contributed by atoms with E-state index in [0.29, 0.717) is 0 Å². The van der Waals surface area contributed by atoms with E-state index in [4.69, 9.17) is 15.9 Å². The van der Waals surface area contributed by atoms with Crippen LogP contribution >= 0.6 is 0 Å². The Morgan fingerprint density at radius 1 is 0.903 bits per heavy atom. The number of H-pyrrole nitrogens is 2. The lowest BCUT2D eigenvalue weighted by Crippen LogP contribution is -2.50. The molecule has 2 aromatic rings. The number of carbonyl (C=O) groups excluding carboxylic acids is 2. The Morgan fingerprint density at radius 3 is 2.10 bits per heavy atom. The molecule has 0 saturated carbocycles. The number of hydrogen-bond donors (Lipinski definition) is 7. The topological polar surface area (TPSA) is 225 Å². The van der Waals surface area contributed by atoms with Crippen LogP contribution in [0.3, 0.4) is 0 Å². The van der Waals surface area contributed by atoms with Crippen LogP contribution in [-0.2, 0) is 19.2 Å². The number of carbonyl (C=O) groups is 4. The smallest absolute Gasteiger partial charge is 0.303 e. The number of aromatic nitrogens is 2. The summed E-state index contributed by atoms with van der Waals surface area (Å²) in [7, 11) is 0. The van der Waals surface area contributed by atoms with E-state index in [0.717, 1.165) is 0 Å². The van der Waals surface area contributed by atoms with Gasteiger partial charge >= 0.3 is 11.9 Å². The summed E-state index contributed by atoms with van der Waals surface area (Å²) >= 11 is 0. The maximum Gasteiger partial charge on any atom is 0.303 e. The predicted octanol–water partition coefficient (Wildman–Crippen LogP) is -1.30. The van der Waals surface area contributed by atoms with Gasteiger partial charge in [-0.3, -0.25) is 39.0 Å². The van der Waals surface area contributed by atoms with Gasteiger partial charge in [0.1, 0.15) is 6.04 Å². The van der Waals surface area contributed by atoms with Crippen molar-refractivity contribution in [2.24, 2.45) is 5.73 Å². The summed E-state index contributed by atoms with van der Waals surface area (Å²) in [4.78, 5) is 70.0. The molecule has 0 radical (unpaired) electrons. The minimum atomic E-state index is -1.28. The molecule has 2 atom stereocenters. The van der Waals surface area contributed by atoms with Gasteiger partial charge in [0.05, 0.1) is 16.8 Å². The summed E-state index contributed by atoms with van der Waals surface area (Å²) < 4.78 is 0. The number of carboxylic acids is 2. The van der Waals surface area contributed by atoms with Crippen molar-refractivity contribution in [3.63, 3.8) is 0 Å². The van der Waals surface area contributed by atoms with Gasteiger partial charge in [0.2, 0.25) is 11.8 Å². The summed E-state index contributed by atoms with van der Waals surface area (Å²) in [6.07, 6.45) is -1.22. The molecule has 0 fully saturated rings. The van der Waals surface area contributed by atoms with Crippen molar-refractivity contribution < 1.29 is 29.4 Å². The quantitative estimate of drug-likeness (QED) is 0.235. The zero-order chi connectivity index (χ0) is 23.1. The average molecular weight is 435 g/mol. The van der Waals surface area contributed by atoms with Gasteiger partial charge in [-0.25, -0.2) is 0 Å². The lowest BCUT2D eigenvalue weighted by Gasteiger charge is -2.20. The Balaban J connectivity index is 2.18. The van der Waals surface area contributed by atoms with Crippen LogP contribution in [0.2, 0.25) is 0 Å². The van der Waals surface area contributed by atoms with Crippen LogP contribution in [0.25, 0.3) is 10.8 Å². The maximum atomic E-state index is 12.6. The normalized spacial score (nSPS) is 12.7. The average Bonchev–Trinajstić information content (AvgIpc) is 2.71. The minimum Gasteiger partial charge on any atom is -0.481 e. The number of rotatable bonds is 10. The number of benzene rings is 1. The van der Waals surface area contributed by atoms with Gasteiger partial charge in [-0.05, 0) is 31.0 Å². The third-order valence-electron chi connectivity index (χ3n) is 4.35. The fourth-order valence-electron chi connectivity index (χ4n) is 2.71. The zero-order valence-corrected chi connectivity index (χ0v) is 16.1. The van der Waals surface area contributed by atoms with Crippen molar-refractivity contribution in [2.45, 2.75) is 37.8 Å². The molecule has 0 unspecified atom stereocenters. The van der Waals surface area contributed by atoms with Gasteiger partial charge in [-0.2, -0.15) is 0 Å². The van der Waals surface area contributed by atoms with Gasteiger partial charge in [-0.1, -0.05) is 0 Å². The third kappa shape index (κ3) is 6.50. The van der Waals surface area contributed by atoms with E-state index in [1.54, 1.807) is 0 Å². The molecule has 13 nitrogen and oxygen atoms in total. The van der Waals surface area contributed by atoms with E-state index in [-0.39, 0.29) is 35.7 Å². The summed E-state index contributed by atoms with van der Waals surface area (Å²) in [5, 5.41) is 26.8. The van der Waals surface area contributed by atoms with E-state index >= 15 is 0 Å². The maximum absolute atomic E-state index is 12.6. The Bertz CT molecular complexity index is 1120. The molecule has 0 saturated heterocycles. The van der Waals surface area contributed by atoms with Crippen LogP contribution < -0.4 is 27.5 Å². The van der Waals surface area contributed by atoms with E-state index in [1.807, 2.05) is 0 Å². The zero-order valence-electron chi connectivity index (χ0n) is 16.1. The molecule has 0 aliphatic carbocycles. The molecule has 1 aromatic heterocycles. The lowest BCUT2D eigenvalue weighted by molar-refractivity contribution is -0.139. The first-order valence-electron chi connectivity index (χ1n) is 9.13. The fraction of sp³-hybridized carbons (Fsp3) is 0.333. The molecular formula is C18H21N5O8. The molecule has 0 aliphatic rings. The Labute approximate surface area is 173 Å². The van der Waals surface area contributed by atoms with Crippen molar-refractivity contribution in [3.05, 3.63) is 38.9 Å². The van der Waals surface area contributed by atoms with Crippen LogP contribution in [0.5, 0.6) is 0 Å². The standard InChI is InChI=1S/C18H21N5O8/c19-11(3-5-13(24)25)17(30)21-12(4-6-14(26)27)18(31)20-8-1-2-9-10(7-8)16(29)23-22-15(9)28/h1-2,7,11-12H,3-6,19H2,(H,20,31)(H,21,30)(H,22,28)(H,23,29)(H,24,25)(H,26,27)/t11-,12-/m0/s1. The van der Waals surface area contributed by atoms with Crippen LogP contribution in [0, 0.1) is 0 Å². The van der Waals surface area contributed by atoms with Crippen LogP contribution in [0.15, 0.2) is 27.8 Å². The van der Waals surface area contributed by atoms with E-state index in [9.17, 15) is 28.8 Å². The van der Waals surface area contributed by atoms with Gasteiger partial charge in [0, 0.05) is 18.5 Å². The number of carboxylic acid groups (broad SMARTS) is 2. The summed E-state index contributed by atoms with van der Waals surface area (Å²) in [5.41, 5.74) is 4.63. The number of anilines is 1. The van der Waals surface area contributed by atoms with Crippen LogP contribution in [-0.4, -0.2) is 56.2 Å². The molecule has 0 spiro atoms. The number of nitrogens with one attached hydrogen (secondary N) is 4. The molecular weight excluding hydrogens is 414 g/mol. The Hall–Kier alpha value is -4.00. The third-order valence-corrected chi connectivity index (χ3v) is 4.35. The summed E-state index contributed by atoms with van der Waals surface area (Å²) in [6, 6.07) is 1.46. The van der Waals surface area contributed by atoms with Crippen molar-refractivity contribution in [2.75, 3.05) is 5.32 Å². The molecule has 13 heteroatoms. The highest BCUT2D eigenvalue weighted by atomic mass is 16.4. The molecule has 166 valence electrons. The van der Waals surface area contributed by atoms with Crippen molar-refractivity contribution in [3.8, 4) is 0 Å². The second-order valence-corrected chi connectivity index (χ2v) is 6.69. The molecule has 1 heterocycles. The van der Waals surface area contributed by atoms with Gasteiger partial charge in [0.15, 0.2) is 0 Å². The van der Waals surface area contributed by atoms with Gasteiger partial charge < -0.3 is 26.6 Å². The number of fused-ring (bicyclic) bond motifs is 1. The highest BCUT2D eigenvalue weighted by molar-refractivity contribution is 5.99. The second-order valence-electron chi connectivity index (χ2n) is 6.69. The van der Waals surface area contributed by atoms with Crippen molar-refractivity contribution in [1.29, 1.82) is 0 Å². The Morgan fingerprint density at radius 2 is 1.48 bits per heavy atom. The first kappa shape index (κ1) is 23.3. The second kappa shape index (κ2) is 10.2. The molecule has 0 aliphatic heterocycles. The highest BCUT2D eigenvalue weighted by Crippen LogP contribution is 2.14. The monoisotopic (exact) mass is 435 g/mol. The van der Waals surface area contributed by atoms with Gasteiger partial charge in [0.25, 0.3) is 11.1 Å². The molecule has 2 rings (SSSR count). The van der Waals surface area contributed by atoms with E-state index < -0.39 is 53.4 Å². The molecule has 31 heavy (non-hydrogen) atoms. The van der Waals surface area contributed by atoms with E-state index in [2.05, 4.69) is 20.8 Å². The van der Waals surface area contributed by atoms with Crippen LogP contribution in [0.4, 0.5) is 5.69 Å². The van der Waals surface area contributed by atoms with Crippen LogP contribution in [0.1, 0.15) is 25.7 Å². The van der Waals surface area contributed by atoms with E-state index in [1.165, 1.54) is 18.2 Å². The minimum absolute atomic E-state index is 0.0170. The van der Waals surface area contributed by atoms with Crippen molar-refractivity contribution >= 4 is 40.2 Å². The molecule has 2 amide bonds. The molecule has 1 aromatic carbocycles. The van der Waals surface area contributed by atoms with Crippen molar-refractivity contribution in [1.82, 2.24) is 15.5 Å². The highest BCUT2D eigenvalue weighted by Gasteiger charge is 2.25.